The molecule has 1 heterocycles. The molecule has 1 aromatic heterocycles. The van der Waals surface area contributed by atoms with Crippen LogP contribution in [0.15, 0.2) is 48.7 Å². The lowest BCUT2D eigenvalue weighted by Gasteiger charge is -2.10. The van der Waals surface area contributed by atoms with Crippen LogP contribution in [0.1, 0.15) is 16.7 Å². The smallest absolute Gasteiger partial charge is 0.249 e. The summed E-state index contributed by atoms with van der Waals surface area (Å²) in [6.45, 7) is 4.08. The van der Waals surface area contributed by atoms with Gasteiger partial charge in [-0.05, 0) is 43.7 Å². The minimum atomic E-state index is 0.406. The van der Waals surface area contributed by atoms with Crippen molar-refractivity contribution in [3.05, 3.63) is 65.4 Å². The Balaban J connectivity index is 1.80. The second kappa shape index (κ2) is 6.75. The summed E-state index contributed by atoms with van der Waals surface area (Å²) >= 11 is 0. The molecule has 0 fully saturated rings. The minimum Gasteiger partial charge on any atom is -0.339 e. The van der Waals surface area contributed by atoms with Crippen molar-refractivity contribution < 1.29 is 0 Å². The summed E-state index contributed by atoms with van der Waals surface area (Å²) < 4.78 is 0. The van der Waals surface area contributed by atoms with Gasteiger partial charge in [-0.25, -0.2) is 0 Å². The van der Waals surface area contributed by atoms with Crippen molar-refractivity contribution in [3.63, 3.8) is 0 Å². The van der Waals surface area contributed by atoms with Crippen molar-refractivity contribution in [2.24, 2.45) is 0 Å². The number of hydrogen-bond acceptors (Lipinski definition) is 6. The first-order valence-corrected chi connectivity index (χ1v) is 7.45. The molecule has 0 unspecified atom stereocenters. The summed E-state index contributed by atoms with van der Waals surface area (Å²) in [5, 5.41) is 23.2. The second-order valence-corrected chi connectivity index (χ2v) is 5.43. The van der Waals surface area contributed by atoms with Crippen LogP contribution in [0.25, 0.3) is 0 Å². The highest BCUT2D eigenvalue weighted by Crippen LogP contribution is 2.20. The average molecular weight is 316 g/mol. The third kappa shape index (κ3) is 3.65. The number of hydrogen-bond donors (Lipinski definition) is 2. The van der Waals surface area contributed by atoms with E-state index in [9.17, 15) is 0 Å². The van der Waals surface area contributed by atoms with Crippen molar-refractivity contribution in [2.45, 2.75) is 13.8 Å². The predicted octanol–water partition coefficient (Wildman–Crippen LogP) is 3.85. The lowest BCUT2D eigenvalue weighted by molar-refractivity contribution is 0.981. The van der Waals surface area contributed by atoms with Crippen LogP contribution in [0.2, 0.25) is 0 Å². The normalized spacial score (nSPS) is 10.0. The molecule has 24 heavy (non-hydrogen) atoms. The van der Waals surface area contributed by atoms with E-state index in [0.717, 1.165) is 16.9 Å². The Hall–Kier alpha value is -3.46. The summed E-state index contributed by atoms with van der Waals surface area (Å²) in [5.74, 6) is 0.954. The zero-order chi connectivity index (χ0) is 16.9. The van der Waals surface area contributed by atoms with E-state index < -0.39 is 0 Å². The lowest BCUT2D eigenvalue weighted by Crippen LogP contribution is -2.03. The number of nitrogens with zero attached hydrogens (tertiary/aromatic N) is 4. The fraction of sp³-hybridized carbons (Fsp3) is 0.111. The Morgan fingerprint density at radius 1 is 1.04 bits per heavy atom. The van der Waals surface area contributed by atoms with Gasteiger partial charge in [0.25, 0.3) is 0 Å². The van der Waals surface area contributed by atoms with E-state index in [4.69, 9.17) is 5.26 Å². The molecule has 3 rings (SSSR count). The van der Waals surface area contributed by atoms with E-state index in [1.807, 2.05) is 31.2 Å². The molecular weight excluding hydrogens is 300 g/mol. The van der Waals surface area contributed by atoms with Crippen molar-refractivity contribution in [1.29, 1.82) is 5.26 Å². The first-order valence-electron chi connectivity index (χ1n) is 7.45. The van der Waals surface area contributed by atoms with Gasteiger partial charge < -0.3 is 10.6 Å². The van der Waals surface area contributed by atoms with Crippen LogP contribution >= 0.6 is 0 Å². The lowest BCUT2D eigenvalue weighted by atomic mass is 10.1. The molecule has 2 aromatic carbocycles. The maximum Gasteiger partial charge on any atom is 0.249 e. The molecule has 3 aromatic rings. The number of anilines is 4. The highest BCUT2D eigenvalue weighted by Gasteiger charge is 2.04. The van der Waals surface area contributed by atoms with E-state index in [0.29, 0.717) is 17.3 Å². The number of aryl methyl sites for hydroxylation is 2. The summed E-state index contributed by atoms with van der Waals surface area (Å²) in [5.41, 5.74) is 4.59. The summed E-state index contributed by atoms with van der Waals surface area (Å²) in [6.07, 6.45) is 1.53. The highest BCUT2D eigenvalue weighted by molar-refractivity contribution is 5.62. The van der Waals surface area contributed by atoms with E-state index in [1.54, 1.807) is 12.1 Å². The molecule has 0 radical (unpaired) electrons. The maximum atomic E-state index is 8.96. The van der Waals surface area contributed by atoms with Gasteiger partial charge in [0.05, 0.1) is 17.8 Å². The van der Waals surface area contributed by atoms with Gasteiger partial charge in [0.1, 0.15) is 0 Å². The predicted molar refractivity (Wildman–Crippen MR) is 93.5 cm³/mol. The molecule has 2 N–H and O–H groups in total. The Labute approximate surface area is 140 Å². The summed E-state index contributed by atoms with van der Waals surface area (Å²) in [4.78, 5) is 4.40. The molecule has 0 aliphatic heterocycles. The average Bonchev–Trinajstić information content (AvgIpc) is 2.58. The highest BCUT2D eigenvalue weighted by atomic mass is 15.3. The summed E-state index contributed by atoms with van der Waals surface area (Å²) in [6, 6.07) is 15.4. The van der Waals surface area contributed by atoms with Gasteiger partial charge in [-0.2, -0.15) is 15.3 Å². The molecule has 0 aliphatic rings. The molecule has 0 spiro atoms. The fourth-order valence-corrected chi connectivity index (χ4v) is 2.31. The van der Waals surface area contributed by atoms with Crippen LogP contribution in [0, 0.1) is 25.2 Å². The largest absolute Gasteiger partial charge is 0.339 e. The number of nitrogens with one attached hydrogen (secondary N) is 2. The van der Waals surface area contributed by atoms with Crippen LogP contribution in [0.5, 0.6) is 0 Å². The zero-order valence-electron chi connectivity index (χ0n) is 13.4. The van der Waals surface area contributed by atoms with Crippen LogP contribution in [0.4, 0.5) is 23.1 Å². The van der Waals surface area contributed by atoms with Crippen LogP contribution < -0.4 is 10.6 Å². The molecule has 118 valence electrons. The quantitative estimate of drug-likeness (QED) is 0.760. The van der Waals surface area contributed by atoms with Crippen LogP contribution in [0.3, 0.4) is 0 Å². The zero-order valence-corrected chi connectivity index (χ0v) is 13.4. The SMILES string of the molecule is Cc1ccc(Nc2nncc(Nc3cccc(C#N)c3)n2)c(C)c1. The first kappa shape index (κ1) is 15.4. The van der Waals surface area contributed by atoms with Crippen molar-refractivity contribution in [1.82, 2.24) is 15.2 Å². The second-order valence-electron chi connectivity index (χ2n) is 5.43. The molecule has 0 aliphatic carbocycles. The number of nitriles is 1. The topological polar surface area (TPSA) is 86.5 Å². The van der Waals surface area contributed by atoms with Gasteiger partial charge >= 0.3 is 0 Å². The van der Waals surface area contributed by atoms with Crippen molar-refractivity contribution >= 4 is 23.1 Å². The molecule has 0 atom stereocenters. The number of benzene rings is 2. The monoisotopic (exact) mass is 316 g/mol. The van der Waals surface area contributed by atoms with E-state index in [-0.39, 0.29) is 0 Å². The molecule has 0 saturated carbocycles. The van der Waals surface area contributed by atoms with Gasteiger partial charge in [-0.15, -0.1) is 5.10 Å². The fourth-order valence-electron chi connectivity index (χ4n) is 2.31. The molecule has 6 heteroatoms. The first-order chi connectivity index (χ1) is 11.6. The third-order valence-corrected chi connectivity index (χ3v) is 3.45. The third-order valence-electron chi connectivity index (χ3n) is 3.45. The van der Waals surface area contributed by atoms with Crippen LogP contribution in [-0.4, -0.2) is 15.2 Å². The molecule has 6 nitrogen and oxygen atoms in total. The minimum absolute atomic E-state index is 0.406. The number of aromatic nitrogens is 3. The standard InChI is InChI=1S/C18H16N6/c1-12-6-7-16(13(2)8-12)22-18-23-17(11-20-24-18)21-15-5-3-4-14(9-15)10-19/h3-9,11H,1-2H3,(H2,21,22,23,24). The molecule has 0 amide bonds. The Kier molecular flexibility index (Phi) is 4.34. The van der Waals surface area contributed by atoms with Gasteiger partial charge in [-0.1, -0.05) is 23.8 Å². The molecular formula is C18H16N6. The van der Waals surface area contributed by atoms with Gasteiger partial charge in [0, 0.05) is 11.4 Å². The Morgan fingerprint density at radius 3 is 2.71 bits per heavy atom. The maximum absolute atomic E-state index is 8.96. The molecule has 0 saturated heterocycles. The van der Waals surface area contributed by atoms with Crippen molar-refractivity contribution in [2.75, 3.05) is 10.6 Å². The van der Waals surface area contributed by atoms with Gasteiger partial charge in [-0.3, -0.25) is 0 Å². The molecule has 0 bridgehead atoms. The van der Waals surface area contributed by atoms with E-state index in [1.165, 1.54) is 11.8 Å². The van der Waals surface area contributed by atoms with Crippen LogP contribution in [-0.2, 0) is 0 Å². The van der Waals surface area contributed by atoms with Gasteiger partial charge in [0.15, 0.2) is 5.82 Å². The summed E-state index contributed by atoms with van der Waals surface area (Å²) in [7, 11) is 0. The van der Waals surface area contributed by atoms with Crippen molar-refractivity contribution in [3.8, 4) is 6.07 Å². The Morgan fingerprint density at radius 2 is 1.92 bits per heavy atom. The van der Waals surface area contributed by atoms with E-state index >= 15 is 0 Å². The van der Waals surface area contributed by atoms with Gasteiger partial charge in [0.2, 0.25) is 5.95 Å². The Bertz CT molecular complexity index is 913. The van der Waals surface area contributed by atoms with E-state index in [2.05, 4.69) is 44.9 Å². The number of rotatable bonds is 4.